The van der Waals surface area contributed by atoms with Gasteiger partial charge in [0.05, 0.1) is 21.3 Å². The molecule has 0 saturated carbocycles. The van der Waals surface area contributed by atoms with Gasteiger partial charge in [-0.1, -0.05) is 18.2 Å². The molecule has 3 aromatic carbocycles. The third-order valence-corrected chi connectivity index (χ3v) is 7.22. The van der Waals surface area contributed by atoms with Gasteiger partial charge in [-0.15, -0.1) is 11.3 Å². The number of anilines is 2. The molecule has 0 radical (unpaired) electrons. The Morgan fingerprint density at radius 1 is 0.971 bits per heavy atom. The zero-order valence-electron chi connectivity index (χ0n) is 17.9. The summed E-state index contributed by atoms with van der Waals surface area (Å²) >= 11 is 1.55. The molecule has 1 amide bonds. The topological polar surface area (TPSA) is 107 Å². The van der Waals surface area contributed by atoms with Crippen molar-refractivity contribution >= 4 is 38.6 Å². The van der Waals surface area contributed by atoms with Gasteiger partial charge in [-0.05, 0) is 49.4 Å². The number of hydrogen-bond acceptors (Lipinski definition) is 7. The fourth-order valence-corrected chi connectivity index (χ4v) is 5.15. The average Bonchev–Trinajstić information content (AvgIpc) is 3.47. The molecule has 1 aromatic heterocycles. The Bertz CT molecular complexity index is 1500. The first-order chi connectivity index (χ1) is 16.4. The van der Waals surface area contributed by atoms with E-state index in [0.717, 1.165) is 16.3 Å². The fourth-order valence-electron chi connectivity index (χ4n) is 3.43. The van der Waals surface area contributed by atoms with Crippen LogP contribution in [0.4, 0.5) is 11.4 Å². The Labute approximate surface area is 200 Å². The second-order valence-corrected chi connectivity index (χ2v) is 10.2. The number of thiazole rings is 1. The number of hydrogen-bond donors (Lipinski definition) is 2. The maximum atomic E-state index is 12.9. The van der Waals surface area contributed by atoms with E-state index in [1.807, 2.05) is 30.5 Å². The van der Waals surface area contributed by atoms with Crippen LogP contribution >= 0.6 is 11.3 Å². The lowest BCUT2D eigenvalue weighted by atomic mass is 10.1. The van der Waals surface area contributed by atoms with Crippen LogP contribution in [-0.2, 0) is 10.0 Å². The molecule has 0 unspecified atom stereocenters. The number of carbonyl (C=O) groups is 1. The van der Waals surface area contributed by atoms with Gasteiger partial charge in [0.2, 0.25) is 6.79 Å². The largest absolute Gasteiger partial charge is 0.454 e. The van der Waals surface area contributed by atoms with E-state index in [9.17, 15) is 13.2 Å². The summed E-state index contributed by atoms with van der Waals surface area (Å²) in [5, 5.41) is 5.73. The van der Waals surface area contributed by atoms with Crippen molar-refractivity contribution in [2.24, 2.45) is 0 Å². The lowest BCUT2D eigenvalue weighted by Crippen LogP contribution is -2.16. The van der Waals surface area contributed by atoms with Crippen LogP contribution in [-0.4, -0.2) is 26.1 Å². The molecule has 5 rings (SSSR count). The van der Waals surface area contributed by atoms with E-state index in [4.69, 9.17) is 9.47 Å². The van der Waals surface area contributed by atoms with Gasteiger partial charge in [-0.2, -0.15) is 0 Å². The summed E-state index contributed by atoms with van der Waals surface area (Å²) in [5.74, 6) is 0.589. The molecule has 10 heteroatoms. The second-order valence-electron chi connectivity index (χ2n) is 7.49. The number of fused-ring (bicyclic) bond motifs is 1. The molecule has 34 heavy (non-hydrogen) atoms. The number of ether oxygens (including phenoxy) is 2. The van der Waals surface area contributed by atoms with Gasteiger partial charge in [-0.25, -0.2) is 13.4 Å². The molecule has 0 fully saturated rings. The smallest absolute Gasteiger partial charge is 0.261 e. The number of benzene rings is 3. The highest BCUT2D eigenvalue weighted by Gasteiger charge is 2.19. The first-order valence-corrected chi connectivity index (χ1v) is 12.6. The zero-order valence-corrected chi connectivity index (χ0v) is 19.6. The highest BCUT2D eigenvalue weighted by atomic mass is 32.2. The Hall–Kier alpha value is -3.89. The molecule has 4 aromatic rings. The summed E-state index contributed by atoms with van der Waals surface area (Å²) in [6.45, 7) is 2.03. The van der Waals surface area contributed by atoms with Crippen LogP contribution in [0.5, 0.6) is 11.5 Å². The summed E-state index contributed by atoms with van der Waals surface area (Å²) in [6, 6.07) is 17.9. The van der Waals surface area contributed by atoms with Crippen LogP contribution < -0.4 is 19.5 Å². The number of aromatic nitrogens is 1. The van der Waals surface area contributed by atoms with Crippen molar-refractivity contribution in [3.63, 3.8) is 0 Å². The molecule has 0 saturated heterocycles. The highest BCUT2D eigenvalue weighted by molar-refractivity contribution is 7.92. The van der Waals surface area contributed by atoms with Gasteiger partial charge < -0.3 is 14.8 Å². The third-order valence-electron chi connectivity index (χ3n) is 5.07. The summed E-state index contributed by atoms with van der Waals surface area (Å²) in [4.78, 5) is 17.3. The normalized spacial score (nSPS) is 12.4. The van der Waals surface area contributed by atoms with E-state index in [0.29, 0.717) is 22.9 Å². The number of carbonyl (C=O) groups excluding carboxylic acids is 1. The predicted octanol–water partition coefficient (Wildman–Crippen LogP) is 4.90. The molecular formula is C24H19N3O5S2. The van der Waals surface area contributed by atoms with Crippen molar-refractivity contribution in [3.05, 3.63) is 82.7 Å². The van der Waals surface area contributed by atoms with Crippen LogP contribution in [0, 0.1) is 6.92 Å². The second kappa shape index (κ2) is 8.81. The van der Waals surface area contributed by atoms with Gasteiger partial charge in [0, 0.05) is 28.3 Å². The molecule has 0 atom stereocenters. The first-order valence-electron chi connectivity index (χ1n) is 10.2. The van der Waals surface area contributed by atoms with Crippen molar-refractivity contribution in [3.8, 4) is 22.8 Å². The zero-order chi connectivity index (χ0) is 23.7. The standard InChI is InChI=1S/C24H19N3O5S2/c1-15-25-21(13-33-15)16-4-2-6-18(10-16)26-24(28)17-5-3-7-20(11-17)34(29,30)27-19-8-9-22-23(12-19)32-14-31-22/h2-13,27H,14H2,1H3,(H,26,28). The molecule has 1 aliphatic rings. The van der Waals surface area contributed by atoms with E-state index in [1.165, 1.54) is 18.2 Å². The Balaban J connectivity index is 1.34. The molecule has 1 aliphatic heterocycles. The van der Waals surface area contributed by atoms with Gasteiger partial charge in [-0.3, -0.25) is 9.52 Å². The number of nitrogens with one attached hydrogen (secondary N) is 2. The molecule has 0 bridgehead atoms. The molecule has 8 nitrogen and oxygen atoms in total. The third kappa shape index (κ3) is 4.59. The van der Waals surface area contributed by atoms with Crippen molar-refractivity contribution in [1.29, 1.82) is 0 Å². The molecule has 172 valence electrons. The Kier molecular flexibility index (Phi) is 5.68. The summed E-state index contributed by atoms with van der Waals surface area (Å²) in [6.07, 6.45) is 0. The quantitative estimate of drug-likeness (QED) is 0.396. The number of amides is 1. The van der Waals surface area contributed by atoms with E-state index in [-0.39, 0.29) is 17.3 Å². The molecule has 2 heterocycles. The van der Waals surface area contributed by atoms with Gasteiger partial charge in [0.15, 0.2) is 11.5 Å². The number of aryl methyl sites for hydroxylation is 1. The SMILES string of the molecule is Cc1nc(-c2cccc(NC(=O)c3cccc(S(=O)(=O)Nc4ccc5c(c4)OCO5)c3)c2)cs1. The highest BCUT2D eigenvalue weighted by Crippen LogP contribution is 2.35. The van der Waals surface area contributed by atoms with Crippen LogP contribution in [0.25, 0.3) is 11.3 Å². The minimum atomic E-state index is -3.93. The summed E-state index contributed by atoms with van der Waals surface area (Å²) < 4.78 is 38.9. The van der Waals surface area contributed by atoms with Crippen LogP contribution in [0.15, 0.2) is 77.0 Å². The van der Waals surface area contributed by atoms with Gasteiger partial charge >= 0.3 is 0 Å². The van der Waals surface area contributed by atoms with Crippen LogP contribution in [0.2, 0.25) is 0 Å². The maximum absolute atomic E-state index is 12.9. The van der Waals surface area contributed by atoms with Gasteiger partial charge in [0.1, 0.15) is 0 Å². The van der Waals surface area contributed by atoms with Crippen molar-refractivity contribution in [2.75, 3.05) is 16.8 Å². The van der Waals surface area contributed by atoms with Crippen molar-refractivity contribution in [1.82, 2.24) is 4.98 Å². The van der Waals surface area contributed by atoms with Gasteiger partial charge in [0.25, 0.3) is 15.9 Å². The predicted molar refractivity (Wildman–Crippen MR) is 130 cm³/mol. The van der Waals surface area contributed by atoms with Crippen LogP contribution in [0.1, 0.15) is 15.4 Å². The Morgan fingerprint density at radius 2 is 1.79 bits per heavy atom. The molecule has 0 aliphatic carbocycles. The number of rotatable bonds is 6. The van der Waals surface area contributed by atoms with Crippen molar-refractivity contribution < 1.29 is 22.7 Å². The van der Waals surface area contributed by atoms with E-state index < -0.39 is 15.9 Å². The minimum absolute atomic E-state index is 0.0375. The number of nitrogens with zero attached hydrogens (tertiary/aromatic N) is 1. The average molecular weight is 494 g/mol. The molecular weight excluding hydrogens is 474 g/mol. The lowest BCUT2D eigenvalue weighted by Gasteiger charge is -2.11. The first kappa shape index (κ1) is 21.9. The monoisotopic (exact) mass is 493 g/mol. The minimum Gasteiger partial charge on any atom is -0.454 e. The number of sulfonamides is 1. The Morgan fingerprint density at radius 3 is 2.62 bits per heavy atom. The van der Waals surface area contributed by atoms with E-state index in [2.05, 4.69) is 15.0 Å². The molecule has 2 N–H and O–H groups in total. The lowest BCUT2D eigenvalue weighted by molar-refractivity contribution is 0.102. The maximum Gasteiger partial charge on any atom is 0.261 e. The fraction of sp³-hybridized carbons (Fsp3) is 0.0833. The van der Waals surface area contributed by atoms with E-state index >= 15 is 0 Å². The van der Waals surface area contributed by atoms with Crippen molar-refractivity contribution in [2.45, 2.75) is 11.8 Å². The van der Waals surface area contributed by atoms with E-state index in [1.54, 1.807) is 41.7 Å². The summed E-state index contributed by atoms with van der Waals surface area (Å²) in [7, 11) is -3.93. The summed E-state index contributed by atoms with van der Waals surface area (Å²) in [5.41, 5.74) is 2.84. The molecule has 0 spiro atoms. The van der Waals surface area contributed by atoms with Crippen LogP contribution in [0.3, 0.4) is 0 Å².